The lowest BCUT2D eigenvalue weighted by molar-refractivity contribution is -0.385. The number of nitrogens with zero attached hydrogens (tertiary/aromatic N) is 4. The van der Waals surface area contributed by atoms with Gasteiger partial charge >= 0.3 is 0 Å². The van der Waals surface area contributed by atoms with Crippen LogP contribution in [0.15, 0.2) is 52.5 Å². The van der Waals surface area contributed by atoms with Crippen molar-refractivity contribution in [2.45, 2.75) is 4.90 Å². The maximum atomic E-state index is 13.0. The normalized spacial score (nSPS) is 15.1. The highest BCUT2D eigenvalue weighted by atomic mass is 32.2. The molecule has 0 bridgehead atoms. The maximum absolute atomic E-state index is 13.0. The highest BCUT2D eigenvalue weighted by Crippen LogP contribution is 2.29. The largest absolute Gasteiger partial charge is 0.379 e. The number of nitro groups is 1. The molecule has 1 heterocycles. The molecule has 1 aliphatic heterocycles. The summed E-state index contributed by atoms with van der Waals surface area (Å²) in [4.78, 5) is 10.2. The summed E-state index contributed by atoms with van der Waals surface area (Å²) >= 11 is 0. The number of morpholine rings is 1. The average Bonchev–Trinajstić information content (AvgIpc) is 2.75. The van der Waals surface area contributed by atoms with E-state index in [-0.39, 0.29) is 42.6 Å². The third-order valence-electron chi connectivity index (χ3n) is 4.20. The summed E-state index contributed by atoms with van der Waals surface area (Å²) in [5.41, 5.74) is 3.62. The molecule has 1 fully saturated rings. The van der Waals surface area contributed by atoms with Crippen molar-refractivity contribution in [2.24, 2.45) is 5.10 Å². The van der Waals surface area contributed by atoms with Gasteiger partial charge in [-0.05, 0) is 23.8 Å². The number of ether oxygens (including phenoxy) is 1. The second-order valence-electron chi connectivity index (χ2n) is 6.06. The fourth-order valence-corrected chi connectivity index (χ4v) is 4.25. The van der Waals surface area contributed by atoms with Gasteiger partial charge in [-0.15, -0.1) is 0 Å². The molecule has 0 aromatic heterocycles. The highest BCUT2D eigenvalue weighted by molar-refractivity contribution is 7.89. The molecule has 3 rings (SSSR count). The number of rotatable bonds is 6. The number of nitriles is 1. The van der Waals surface area contributed by atoms with Crippen LogP contribution in [0, 0.1) is 21.4 Å². The molecule has 1 saturated heterocycles. The summed E-state index contributed by atoms with van der Waals surface area (Å²) in [7, 11) is -3.98. The number of nitro benzene ring substituents is 1. The van der Waals surface area contributed by atoms with E-state index >= 15 is 0 Å². The number of nitrogens with one attached hydrogen (secondary N) is 1. The lowest BCUT2D eigenvalue weighted by Crippen LogP contribution is -2.40. The van der Waals surface area contributed by atoms with Gasteiger partial charge in [-0.1, -0.05) is 12.1 Å². The number of anilines is 1. The van der Waals surface area contributed by atoms with Crippen molar-refractivity contribution in [3.8, 4) is 6.07 Å². The predicted octanol–water partition coefficient (Wildman–Crippen LogP) is 1.93. The zero-order valence-corrected chi connectivity index (χ0v) is 16.0. The zero-order chi connectivity index (χ0) is 20.9. The van der Waals surface area contributed by atoms with Gasteiger partial charge in [0.15, 0.2) is 0 Å². The molecule has 29 heavy (non-hydrogen) atoms. The van der Waals surface area contributed by atoms with Gasteiger partial charge in [0.05, 0.1) is 41.7 Å². The van der Waals surface area contributed by atoms with Crippen LogP contribution in [-0.2, 0) is 14.8 Å². The van der Waals surface area contributed by atoms with E-state index < -0.39 is 14.9 Å². The van der Waals surface area contributed by atoms with Crippen molar-refractivity contribution in [2.75, 3.05) is 31.7 Å². The molecule has 0 aliphatic carbocycles. The maximum Gasteiger partial charge on any atom is 0.270 e. The molecule has 0 amide bonds. The first-order valence-corrected chi connectivity index (χ1v) is 10.0. The van der Waals surface area contributed by atoms with Gasteiger partial charge in [0.25, 0.3) is 5.69 Å². The van der Waals surface area contributed by atoms with E-state index in [1.54, 1.807) is 24.3 Å². The van der Waals surface area contributed by atoms with Crippen LogP contribution in [-0.4, -0.2) is 50.2 Å². The Bertz CT molecular complexity index is 1070. The molecule has 2 aromatic rings. The fraction of sp³-hybridized carbons (Fsp3) is 0.222. The number of hydrogen-bond donors (Lipinski definition) is 1. The van der Waals surface area contributed by atoms with Crippen LogP contribution >= 0.6 is 0 Å². The summed E-state index contributed by atoms with van der Waals surface area (Å²) in [5.74, 6) is 0. The van der Waals surface area contributed by atoms with Gasteiger partial charge in [-0.3, -0.25) is 15.5 Å². The molecule has 0 saturated carbocycles. The molecular weight excluding hydrogens is 398 g/mol. The molecule has 1 aliphatic rings. The molecule has 150 valence electrons. The summed E-state index contributed by atoms with van der Waals surface area (Å²) in [6.07, 6.45) is 1.45. The van der Waals surface area contributed by atoms with Gasteiger partial charge in [0, 0.05) is 25.2 Å². The van der Waals surface area contributed by atoms with E-state index in [4.69, 9.17) is 10.00 Å². The Morgan fingerprint density at radius 2 is 1.90 bits per heavy atom. The Balaban J connectivity index is 1.90. The topological polar surface area (TPSA) is 138 Å². The van der Waals surface area contributed by atoms with Crippen LogP contribution in [0.5, 0.6) is 0 Å². The van der Waals surface area contributed by atoms with Crippen LogP contribution in [0.2, 0.25) is 0 Å². The number of hydrogen-bond acceptors (Lipinski definition) is 8. The minimum Gasteiger partial charge on any atom is -0.379 e. The number of non-ortho nitro benzene ring substituents is 1. The molecule has 10 nitrogen and oxygen atoms in total. The van der Waals surface area contributed by atoms with E-state index in [1.165, 1.54) is 22.7 Å². The summed E-state index contributed by atoms with van der Waals surface area (Å²) in [6, 6.07) is 12.2. The molecule has 0 unspecified atom stereocenters. The van der Waals surface area contributed by atoms with E-state index in [2.05, 4.69) is 10.5 Å². The van der Waals surface area contributed by atoms with Crippen molar-refractivity contribution in [3.05, 3.63) is 63.7 Å². The predicted molar refractivity (Wildman–Crippen MR) is 105 cm³/mol. The second kappa shape index (κ2) is 8.78. The van der Waals surface area contributed by atoms with E-state index in [0.717, 1.165) is 6.07 Å². The average molecular weight is 415 g/mol. The number of sulfonamides is 1. The van der Waals surface area contributed by atoms with Crippen molar-refractivity contribution >= 4 is 27.6 Å². The SMILES string of the molecule is N#Cc1ccc(C=NNc2ccc([N+](=O)[O-])cc2S(=O)(=O)N2CCOCC2)cc1. The van der Waals surface area contributed by atoms with Crippen LogP contribution < -0.4 is 5.43 Å². The summed E-state index contributed by atoms with van der Waals surface area (Å²) in [6.45, 7) is 0.847. The Morgan fingerprint density at radius 3 is 2.52 bits per heavy atom. The quantitative estimate of drug-likeness (QED) is 0.432. The fourth-order valence-electron chi connectivity index (χ4n) is 2.68. The van der Waals surface area contributed by atoms with Gasteiger partial charge in [0.2, 0.25) is 10.0 Å². The Labute approximate surface area is 167 Å². The molecule has 1 N–H and O–H groups in total. The van der Waals surface area contributed by atoms with Crippen molar-refractivity contribution in [3.63, 3.8) is 0 Å². The Kier molecular flexibility index (Phi) is 6.18. The third kappa shape index (κ3) is 4.75. The smallest absolute Gasteiger partial charge is 0.270 e. The second-order valence-corrected chi connectivity index (χ2v) is 7.96. The molecule has 0 spiro atoms. The molecular formula is C18H17N5O5S. The van der Waals surface area contributed by atoms with Crippen LogP contribution in [0.1, 0.15) is 11.1 Å². The number of benzene rings is 2. The summed E-state index contributed by atoms with van der Waals surface area (Å²) < 4.78 is 32.4. The Hall–Kier alpha value is -3.33. The summed E-state index contributed by atoms with van der Waals surface area (Å²) in [5, 5.41) is 24.0. The van der Waals surface area contributed by atoms with E-state index in [1.807, 2.05) is 6.07 Å². The Morgan fingerprint density at radius 1 is 1.21 bits per heavy atom. The lowest BCUT2D eigenvalue weighted by Gasteiger charge is -2.26. The third-order valence-corrected chi connectivity index (χ3v) is 6.14. The van der Waals surface area contributed by atoms with Crippen molar-refractivity contribution in [1.82, 2.24) is 4.31 Å². The van der Waals surface area contributed by atoms with Crippen LogP contribution in [0.25, 0.3) is 0 Å². The first-order valence-electron chi connectivity index (χ1n) is 8.57. The van der Waals surface area contributed by atoms with Crippen molar-refractivity contribution in [1.29, 1.82) is 5.26 Å². The van der Waals surface area contributed by atoms with Gasteiger partial charge in [-0.2, -0.15) is 14.7 Å². The molecule has 11 heteroatoms. The standard InChI is InChI=1S/C18H17N5O5S/c19-12-14-1-3-15(4-2-14)13-20-21-17-6-5-16(23(24)25)11-18(17)29(26,27)22-7-9-28-10-8-22/h1-6,11,13,21H,7-10H2. The number of hydrazone groups is 1. The van der Waals surface area contributed by atoms with E-state index in [9.17, 15) is 18.5 Å². The minimum absolute atomic E-state index is 0.118. The van der Waals surface area contributed by atoms with Crippen molar-refractivity contribution < 1.29 is 18.1 Å². The van der Waals surface area contributed by atoms with Gasteiger partial charge < -0.3 is 4.74 Å². The molecule has 0 atom stereocenters. The molecule has 2 aromatic carbocycles. The highest BCUT2D eigenvalue weighted by Gasteiger charge is 2.30. The first-order chi connectivity index (χ1) is 13.9. The zero-order valence-electron chi connectivity index (χ0n) is 15.2. The van der Waals surface area contributed by atoms with Gasteiger partial charge in [0.1, 0.15) is 4.90 Å². The van der Waals surface area contributed by atoms with Crippen LogP contribution in [0.4, 0.5) is 11.4 Å². The van der Waals surface area contributed by atoms with Crippen LogP contribution in [0.3, 0.4) is 0 Å². The first kappa shape index (κ1) is 20.4. The lowest BCUT2D eigenvalue weighted by atomic mass is 10.2. The monoisotopic (exact) mass is 415 g/mol. The minimum atomic E-state index is -3.98. The molecule has 0 radical (unpaired) electrons. The van der Waals surface area contributed by atoms with Gasteiger partial charge in [-0.25, -0.2) is 8.42 Å². The van der Waals surface area contributed by atoms with E-state index in [0.29, 0.717) is 11.1 Å².